The molecular weight excluding hydrogens is 156 g/mol. The average molecular weight is 173 g/mol. The van der Waals surface area contributed by atoms with E-state index < -0.39 is 9.20 Å². The Labute approximate surface area is 70.3 Å². The monoisotopic (exact) mass is 173 g/mol. The lowest BCUT2D eigenvalue weighted by Gasteiger charge is -2.20. The smallest absolute Gasteiger partial charge is 0.305 e. The van der Waals surface area contributed by atoms with Gasteiger partial charge >= 0.3 is 9.20 Å². The van der Waals surface area contributed by atoms with Gasteiger partial charge in [0.25, 0.3) is 0 Å². The van der Waals surface area contributed by atoms with Crippen LogP contribution in [0.5, 0.6) is 0 Å². The Morgan fingerprint density at radius 2 is 2.45 bits per heavy atom. The molecule has 1 saturated heterocycles. The van der Waals surface area contributed by atoms with Crippen molar-refractivity contribution in [2.24, 2.45) is 5.73 Å². The minimum absolute atomic E-state index is 0.611. The number of nitrogens with two attached hydrogens (primary N) is 1. The van der Waals surface area contributed by atoms with Crippen LogP contribution in [0.2, 0.25) is 6.04 Å². The van der Waals surface area contributed by atoms with Crippen LogP contribution in [0.25, 0.3) is 0 Å². The van der Waals surface area contributed by atoms with Crippen molar-refractivity contribution in [2.75, 3.05) is 26.2 Å². The van der Waals surface area contributed by atoms with E-state index >= 15 is 0 Å². The molecule has 1 radical (unpaired) electrons. The van der Waals surface area contributed by atoms with E-state index in [0.29, 0.717) is 0 Å². The molecule has 65 valence electrons. The highest BCUT2D eigenvalue weighted by Gasteiger charge is 2.27. The van der Waals surface area contributed by atoms with Crippen LogP contribution < -0.4 is 5.73 Å². The molecule has 1 heterocycles. The van der Waals surface area contributed by atoms with Crippen LogP contribution in [0.1, 0.15) is 13.3 Å². The SMILES string of the molecule is CCO[Si]1CCCN1CCN. The van der Waals surface area contributed by atoms with E-state index in [1.165, 1.54) is 19.0 Å². The van der Waals surface area contributed by atoms with Crippen LogP contribution >= 0.6 is 0 Å². The summed E-state index contributed by atoms with van der Waals surface area (Å²) in [6.45, 7) is 5.91. The van der Waals surface area contributed by atoms with Crippen LogP contribution in [0, 0.1) is 0 Å². The molecule has 0 spiro atoms. The van der Waals surface area contributed by atoms with Gasteiger partial charge in [0.15, 0.2) is 0 Å². The predicted octanol–water partition coefficient (Wildman–Crippen LogP) is 0.175. The van der Waals surface area contributed by atoms with Gasteiger partial charge in [-0.05, 0) is 25.9 Å². The summed E-state index contributed by atoms with van der Waals surface area (Å²) in [7, 11) is -0.611. The highest BCUT2D eigenvalue weighted by atomic mass is 28.3. The summed E-state index contributed by atoms with van der Waals surface area (Å²) in [5.74, 6) is 0. The first-order chi connectivity index (χ1) is 5.38. The zero-order chi connectivity index (χ0) is 8.10. The molecule has 0 aromatic heterocycles. The lowest BCUT2D eigenvalue weighted by molar-refractivity contribution is 0.294. The van der Waals surface area contributed by atoms with Crippen molar-refractivity contribution in [3.8, 4) is 0 Å². The fraction of sp³-hybridized carbons (Fsp3) is 1.00. The molecule has 0 saturated carbocycles. The van der Waals surface area contributed by atoms with E-state index in [1.54, 1.807) is 0 Å². The molecule has 0 aromatic carbocycles. The van der Waals surface area contributed by atoms with Gasteiger partial charge in [-0.1, -0.05) is 0 Å². The van der Waals surface area contributed by atoms with Gasteiger partial charge in [0.05, 0.1) is 0 Å². The third-order valence-electron chi connectivity index (χ3n) is 1.88. The van der Waals surface area contributed by atoms with Crippen molar-refractivity contribution in [3.63, 3.8) is 0 Å². The molecule has 0 aromatic rings. The van der Waals surface area contributed by atoms with Gasteiger partial charge in [-0.3, -0.25) is 0 Å². The topological polar surface area (TPSA) is 38.5 Å². The van der Waals surface area contributed by atoms with Crippen molar-refractivity contribution >= 4 is 9.20 Å². The largest absolute Gasteiger partial charge is 0.403 e. The first kappa shape index (κ1) is 9.19. The molecule has 11 heavy (non-hydrogen) atoms. The fourth-order valence-electron chi connectivity index (χ4n) is 1.43. The summed E-state index contributed by atoms with van der Waals surface area (Å²) in [5, 5.41) is 0. The maximum Gasteiger partial charge on any atom is 0.305 e. The van der Waals surface area contributed by atoms with Crippen molar-refractivity contribution in [1.29, 1.82) is 0 Å². The summed E-state index contributed by atoms with van der Waals surface area (Å²) >= 11 is 0. The van der Waals surface area contributed by atoms with Gasteiger partial charge in [-0.25, -0.2) is 0 Å². The van der Waals surface area contributed by atoms with Crippen LogP contribution in [0.4, 0.5) is 0 Å². The molecule has 4 heteroatoms. The van der Waals surface area contributed by atoms with Gasteiger partial charge in [0.2, 0.25) is 0 Å². The van der Waals surface area contributed by atoms with E-state index in [2.05, 4.69) is 11.5 Å². The normalized spacial score (nSPS) is 21.3. The third-order valence-corrected chi connectivity index (χ3v) is 4.44. The van der Waals surface area contributed by atoms with Gasteiger partial charge in [0.1, 0.15) is 0 Å². The van der Waals surface area contributed by atoms with E-state index in [0.717, 1.165) is 19.7 Å². The fourth-order valence-corrected chi connectivity index (χ4v) is 3.65. The number of rotatable bonds is 4. The first-order valence-electron chi connectivity index (χ1n) is 4.32. The summed E-state index contributed by atoms with van der Waals surface area (Å²) in [5.41, 5.74) is 5.49. The molecule has 3 nitrogen and oxygen atoms in total. The van der Waals surface area contributed by atoms with E-state index in [9.17, 15) is 0 Å². The Hall–Kier alpha value is 0.0969. The third kappa shape index (κ3) is 2.55. The number of nitrogens with zero attached hydrogens (tertiary/aromatic N) is 1. The Morgan fingerprint density at radius 1 is 1.64 bits per heavy atom. The van der Waals surface area contributed by atoms with Crippen LogP contribution in [-0.2, 0) is 4.43 Å². The van der Waals surface area contributed by atoms with Crippen LogP contribution in [-0.4, -0.2) is 40.0 Å². The summed E-state index contributed by atoms with van der Waals surface area (Å²) < 4.78 is 8.06. The molecule has 2 N–H and O–H groups in total. The lowest BCUT2D eigenvalue weighted by Crippen LogP contribution is -2.39. The molecule has 0 bridgehead atoms. The molecule has 1 rings (SSSR count). The molecule has 0 amide bonds. The van der Waals surface area contributed by atoms with Crippen molar-refractivity contribution in [1.82, 2.24) is 4.57 Å². The zero-order valence-electron chi connectivity index (χ0n) is 7.18. The second kappa shape index (κ2) is 4.87. The van der Waals surface area contributed by atoms with Crippen molar-refractivity contribution in [2.45, 2.75) is 19.4 Å². The second-order valence-electron chi connectivity index (χ2n) is 2.71. The molecule has 1 aliphatic rings. The minimum atomic E-state index is -0.611. The maximum atomic E-state index is 5.64. The van der Waals surface area contributed by atoms with Crippen LogP contribution in [0.3, 0.4) is 0 Å². The standard InChI is InChI=1S/C7H17N2OSi/c1-2-10-11-7-3-5-9(11)6-4-8/h2-8H2,1H3. The van der Waals surface area contributed by atoms with Crippen molar-refractivity contribution in [3.05, 3.63) is 0 Å². The Balaban J connectivity index is 2.25. The van der Waals surface area contributed by atoms with Crippen molar-refractivity contribution < 1.29 is 4.43 Å². The molecule has 1 fully saturated rings. The van der Waals surface area contributed by atoms with E-state index in [4.69, 9.17) is 10.2 Å². The first-order valence-corrected chi connectivity index (χ1v) is 5.88. The summed E-state index contributed by atoms with van der Waals surface area (Å²) in [6, 6.07) is 1.28. The molecule has 1 aliphatic heterocycles. The quantitative estimate of drug-likeness (QED) is 0.616. The van der Waals surface area contributed by atoms with E-state index in [1.807, 2.05) is 0 Å². The van der Waals surface area contributed by atoms with Gasteiger partial charge in [-0.2, -0.15) is 0 Å². The molecule has 0 unspecified atom stereocenters. The predicted molar refractivity (Wildman–Crippen MR) is 47.4 cm³/mol. The van der Waals surface area contributed by atoms with E-state index in [-0.39, 0.29) is 0 Å². The Kier molecular flexibility index (Phi) is 4.07. The Bertz CT molecular complexity index is 101. The minimum Gasteiger partial charge on any atom is -0.403 e. The molecular formula is C7H17N2OSi. The number of hydrogen-bond acceptors (Lipinski definition) is 3. The summed E-state index contributed by atoms with van der Waals surface area (Å²) in [6.07, 6.45) is 1.30. The highest BCUT2D eigenvalue weighted by Crippen LogP contribution is 2.14. The average Bonchev–Trinajstić information content (AvgIpc) is 2.39. The lowest BCUT2D eigenvalue weighted by atomic mass is 10.5. The van der Waals surface area contributed by atoms with Gasteiger partial charge in [-0.15, -0.1) is 0 Å². The maximum absolute atomic E-state index is 5.64. The Morgan fingerprint density at radius 3 is 3.09 bits per heavy atom. The molecule has 0 atom stereocenters. The molecule has 0 aliphatic carbocycles. The summed E-state index contributed by atoms with van der Waals surface area (Å²) in [4.78, 5) is 0. The van der Waals surface area contributed by atoms with Gasteiger partial charge in [0, 0.05) is 19.7 Å². The van der Waals surface area contributed by atoms with Gasteiger partial charge < -0.3 is 14.7 Å². The van der Waals surface area contributed by atoms with Crippen LogP contribution in [0.15, 0.2) is 0 Å². The number of hydrogen-bond donors (Lipinski definition) is 1. The zero-order valence-corrected chi connectivity index (χ0v) is 8.18. The second-order valence-corrected chi connectivity index (χ2v) is 4.91. The highest BCUT2D eigenvalue weighted by molar-refractivity contribution is 6.49.